The van der Waals surface area contributed by atoms with E-state index in [-0.39, 0.29) is 61.4 Å². The third-order valence-electron chi connectivity index (χ3n) is 12.4. The predicted molar refractivity (Wildman–Crippen MR) is 192 cm³/mol. The molecule has 4 atom stereocenters. The number of alkyl halides is 4. The van der Waals surface area contributed by atoms with Crippen LogP contribution in [0.15, 0.2) is 36.5 Å². The smallest absolute Gasteiger partial charge is 0.418 e. The van der Waals surface area contributed by atoms with E-state index in [9.17, 15) is 22.4 Å². The van der Waals surface area contributed by atoms with Crippen molar-refractivity contribution < 1.29 is 41.0 Å². The van der Waals surface area contributed by atoms with Crippen LogP contribution in [0.5, 0.6) is 6.01 Å². The number of anilines is 1. The first-order chi connectivity index (χ1) is 26.4. The molecule has 294 valence electrons. The zero-order valence-corrected chi connectivity index (χ0v) is 30.8. The predicted octanol–water partition coefficient (Wildman–Crippen LogP) is 5.30. The number of ether oxygens (including phenoxy) is 3. The van der Waals surface area contributed by atoms with E-state index in [1.165, 1.54) is 12.3 Å². The van der Waals surface area contributed by atoms with Crippen molar-refractivity contribution in [3.8, 4) is 17.3 Å². The van der Waals surface area contributed by atoms with Crippen LogP contribution in [0.1, 0.15) is 37.7 Å². The molecular formula is C38H41ClF5N7O4. The molecule has 1 spiro atoms. The van der Waals surface area contributed by atoms with Crippen LogP contribution in [0.3, 0.4) is 0 Å². The Hall–Kier alpha value is -3.70. The number of piperazine rings is 1. The van der Waals surface area contributed by atoms with Crippen molar-refractivity contribution in [2.24, 2.45) is 0 Å². The zero-order chi connectivity index (χ0) is 38.1. The molecule has 0 saturated carbocycles. The van der Waals surface area contributed by atoms with Crippen molar-refractivity contribution >= 4 is 34.2 Å². The fourth-order valence-electron chi connectivity index (χ4n) is 9.64. The highest BCUT2D eigenvalue weighted by Gasteiger charge is 2.51. The molecule has 9 rings (SSSR count). The van der Waals surface area contributed by atoms with Gasteiger partial charge in [-0.05, 0) is 38.3 Å². The Morgan fingerprint density at radius 1 is 1.09 bits per heavy atom. The third-order valence-corrected chi connectivity index (χ3v) is 12.7. The summed E-state index contributed by atoms with van der Waals surface area (Å²) in [5.74, 6) is -0.978. The Balaban J connectivity index is 1.04. The number of rotatable bonds is 8. The van der Waals surface area contributed by atoms with Gasteiger partial charge in [0, 0.05) is 69.1 Å². The molecule has 1 aromatic carbocycles. The molecule has 1 amide bonds. The van der Waals surface area contributed by atoms with Crippen molar-refractivity contribution in [3.63, 3.8) is 0 Å². The summed E-state index contributed by atoms with van der Waals surface area (Å²) in [5, 5.41) is -0.435. The Kier molecular flexibility index (Phi) is 9.42. The van der Waals surface area contributed by atoms with Crippen LogP contribution >= 0.6 is 11.6 Å². The van der Waals surface area contributed by atoms with Gasteiger partial charge in [0.2, 0.25) is 5.91 Å². The molecule has 17 heteroatoms. The highest BCUT2D eigenvalue weighted by atomic mass is 35.5. The Labute approximate surface area is 319 Å². The van der Waals surface area contributed by atoms with Crippen molar-refractivity contribution in [1.29, 1.82) is 0 Å². The van der Waals surface area contributed by atoms with E-state index >= 15 is 4.39 Å². The highest BCUT2D eigenvalue weighted by molar-refractivity contribution is 6.31. The van der Waals surface area contributed by atoms with Crippen LogP contribution in [-0.2, 0) is 20.4 Å². The van der Waals surface area contributed by atoms with E-state index in [2.05, 4.69) is 19.8 Å². The van der Waals surface area contributed by atoms with Crippen LogP contribution in [0.2, 0.25) is 5.02 Å². The average molecular weight is 790 g/mol. The van der Waals surface area contributed by atoms with Gasteiger partial charge in [-0.25, -0.2) is 8.78 Å². The minimum absolute atomic E-state index is 0.0583. The summed E-state index contributed by atoms with van der Waals surface area (Å²) in [6, 6.07) is 4.04. The number of hydrogen-bond acceptors (Lipinski definition) is 10. The van der Waals surface area contributed by atoms with E-state index in [1.54, 1.807) is 6.08 Å². The van der Waals surface area contributed by atoms with Crippen molar-refractivity contribution in [3.05, 3.63) is 53.0 Å². The van der Waals surface area contributed by atoms with Gasteiger partial charge in [0.25, 0.3) is 0 Å². The van der Waals surface area contributed by atoms with Gasteiger partial charge in [0.15, 0.2) is 5.82 Å². The molecule has 0 radical (unpaired) electrons. The lowest BCUT2D eigenvalue weighted by Crippen LogP contribution is -2.72. The van der Waals surface area contributed by atoms with Crippen LogP contribution in [-0.4, -0.2) is 137 Å². The fourth-order valence-corrected chi connectivity index (χ4v) is 9.92. The summed E-state index contributed by atoms with van der Waals surface area (Å²) in [6.07, 6.45) is 2.96. The number of amides is 1. The van der Waals surface area contributed by atoms with Crippen molar-refractivity contribution in [1.82, 2.24) is 29.7 Å². The van der Waals surface area contributed by atoms with E-state index in [0.717, 1.165) is 37.9 Å². The number of carbonyl (C=O) groups excluding carboxylic acids is 1. The Morgan fingerprint density at radius 2 is 1.89 bits per heavy atom. The van der Waals surface area contributed by atoms with Gasteiger partial charge in [-0.3, -0.25) is 19.6 Å². The molecule has 2 aromatic heterocycles. The summed E-state index contributed by atoms with van der Waals surface area (Å²) >= 11 is 6.00. The molecule has 3 aromatic rings. The summed E-state index contributed by atoms with van der Waals surface area (Å²) < 4.78 is 91.5. The molecule has 2 bridgehead atoms. The Morgan fingerprint density at radius 3 is 2.64 bits per heavy atom. The molecule has 0 N–H and O–H groups in total. The number of carbonyl (C=O) groups is 1. The maximum atomic E-state index is 16.7. The van der Waals surface area contributed by atoms with Crippen LogP contribution < -0.4 is 9.64 Å². The normalized spacial score (nSPS) is 28.1. The Bertz CT molecular complexity index is 2000. The topological polar surface area (TPSA) is 96.4 Å². The van der Waals surface area contributed by atoms with Crippen LogP contribution in [0, 0.1) is 5.82 Å². The van der Waals surface area contributed by atoms with Gasteiger partial charge >= 0.3 is 12.2 Å². The molecule has 11 nitrogen and oxygen atoms in total. The molecule has 0 unspecified atom stereocenters. The molecular weight excluding hydrogens is 749 g/mol. The highest BCUT2D eigenvalue weighted by Crippen LogP contribution is 2.44. The number of pyridine rings is 1. The van der Waals surface area contributed by atoms with Crippen molar-refractivity contribution in [2.45, 2.75) is 67.6 Å². The van der Waals surface area contributed by atoms with E-state index in [4.69, 9.17) is 30.8 Å². The van der Waals surface area contributed by atoms with Gasteiger partial charge in [-0.1, -0.05) is 29.8 Å². The molecule has 55 heavy (non-hydrogen) atoms. The third kappa shape index (κ3) is 6.51. The summed E-state index contributed by atoms with van der Waals surface area (Å²) in [4.78, 5) is 35.2. The largest absolute Gasteiger partial charge is 0.461 e. The van der Waals surface area contributed by atoms with E-state index in [0.29, 0.717) is 57.9 Å². The van der Waals surface area contributed by atoms with Crippen LogP contribution in [0.25, 0.3) is 22.2 Å². The first-order valence-electron chi connectivity index (χ1n) is 18.8. The minimum atomic E-state index is -4.89. The summed E-state index contributed by atoms with van der Waals surface area (Å²) in [7, 11) is 0. The van der Waals surface area contributed by atoms with Crippen molar-refractivity contribution in [2.75, 3.05) is 77.2 Å². The summed E-state index contributed by atoms with van der Waals surface area (Å²) in [6.45, 7) is 4.60. The first-order valence-corrected chi connectivity index (χ1v) is 19.2. The molecule has 6 aliphatic rings. The second-order valence-corrected chi connectivity index (χ2v) is 16.1. The molecule has 0 aliphatic carbocycles. The number of halogens is 6. The van der Waals surface area contributed by atoms with E-state index in [1.807, 2.05) is 15.9 Å². The fraction of sp³-hybridized carbons (Fsp3) is 0.579. The zero-order valence-electron chi connectivity index (χ0n) is 30.0. The molecule has 6 saturated heterocycles. The molecule has 6 aliphatic heterocycles. The second-order valence-electron chi connectivity index (χ2n) is 15.7. The number of morpholine rings is 1. The summed E-state index contributed by atoms with van der Waals surface area (Å²) in [5.41, 5.74) is -3.87. The quantitative estimate of drug-likeness (QED) is 0.221. The monoisotopic (exact) mass is 789 g/mol. The lowest BCUT2D eigenvalue weighted by molar-refractivity contribution is -0.164. The maximum Gasteiger partial charge on any atom is 0.418 e. The number of fused-ring (bicyclic) bond motifs is 4. The maximum absolute atomic E-state index is 16.7. The standard InChI is InChI=1S/C38H41ClF5N7O4/c39-28-5-1-4-26(30(28)38(42,43)44)32-31(41)33-27(15-45-32)34(47-35(46-33)55-22-36-9-3-10-49(36)16-23(40)14-36)48-12-13-51(37(19-48)20-54-21-37)29(52)6-2-11-50-24-7-8-25(50)18-53-17-24/h1-2,4-6,15,23-25H,3,7-14,16-22H2/b6-2+/t23-,24-,25+,36+/m1/s1. The SMILES string of the molecule is O=C(/C=C/CN1[C@@H]2CC[C@H]1COC2)N1CCN(c2nc(OC[C@@]34CCCN3C[C@H](F)C4)nc3c(F)c(-c4cccc(Cl)c4C(F)(F)F)ncc23)CC12COC2. The van der Waals surface area contributed by atoms with Gasteiger partial charge in [-0.15, -0.1) is 0 Å². The number of nitrogens with zero attached hydrogens (tertiary/aromatic N) is 7. The number of hydrogen-bond donors (Lipinski definition) is 0. The van der Waals surface area contributed by atoms with Gasteiger partial charge < -0.3 is 24.0 Å². The minimum Gasteiger partial charge on any atom is -0.461 e. The van der Waals surface area contributed by atoms with Gasteiger partial charge in [0.05, 0.1) is 47.9 Å². The number of aromatic nitrogens is 3. The van der Waals surface area contributed by atoms with E-state index < -0.39 is 51.1 Å². The van der Waals surface area contributed by atoms with Gasteiger partial charge in [-0.2, -0.15) is 23.1 Å². The first kappa shape index (κ1) is 36.9. The van der Waals surface area contributed by atoms with Gasteiger partial charge in [0.1, 0.15) is 35.3 Å². The number of benzene rings is 1. The molecule has 6 fully saturated rings. The molecule has 8 heterocycles. The lowest BCUT2D eigenvalue weighted by Gasteiger charge is -2.55. The lowest BCUT2D eigenvalue weighted by atomic mass is 9.91. The average Bonchev–Trinajstić information content (AvgIpc) is 3.74. The second kappa shape index (κ2) is 14.0. The van der Waals surface area contributed by atoms with Crippen LogP contribution in [0.4, 0.5) is 27.8 Å².